The summed E-state index contributed by atoms with van der Waals surface area (Å²) in [4.78, 5) is 30.4. The molecule has 3 unspecified atom stereocenters. The number of phosphoric ester groups is 1. The number of nitrogens with two attached hydrogens (primary N) is 1. The zero-order valence-corrected chi connectivity index (χ0v) is 23.5. The number of halogens is 2. The molecule has 6 atom stereocenters. The molecule has 0 amide bonds. The third kappa shape index (κ3) is 7.49. The highest BCUT2D eigenvalue weighted by atomic mass is 35.5. The quantitative estimate of drug-likeness (QED) is 0.166. The lowest BCUT2D eigenvalue weighted by Gasteiger charge is -2.27. The van der Waals surface area contributed by atoms with Crippen molar-refractivity contribution in [1.82, 2.24) is 14.5 Å². The molecule has 212 valence electrons. The van der Waals surface area contributed by atoms with Gasteiger partial charge in [0.1, 0.15) is 12.1 Å². The number of aromatic nitrogens is 3. The summed E-state index contributed by atoms with van der Waals surface area (Å²) < 4.78 is 42.2. The zero-order valence-electron chi connectivity index (χ0n) is 21.1. The van der Waals surface area contributed by atoms with E-state index in [0.29, 0.717) is 0 Å². The van der Waals surface area contributed by atoms with Crippen LogP contribution in [0.2, 0.25) is 0 Å². The van der Waals surface area contributed by atoms with E-state index in [-0.39, 0.29) is 11.7 Å². The van der Waals surface area contributed by atoms with E-state index in [1.54, 1.807) is 32.0 Å². The number of carbonyl (C=O) groups is 1. The number of carbonyl (C=O) groups excluding carboxylic acids is 1. The normalized spacial score (nSPS) is 24.8. The van der Waals surface area contributed by atoms with Crippen molar-refractivity contribution in [3.8, 4) is 17.0 Å². The molecule has 3 N–H and O–H groups in total. The summed E-state index contributed by atoms with van der Waals surface area (Å²) in [6.07, 6.45) is -3.23. The Balaban J connectivity index is 1.90. The fraction of sp³-hybridized carbons (Fsp3) is 0.478. The molecule has 0 bridgehead atoms. The number of anilines is 1. The lowest BCUT2D eigenvalue weighted by Crippen LogP contribution is -2.42. The third-order valence-corrected chi connectivity index (χ3v) is 7.54. The fourth-order valence-electron chi connectivity index (χ4n) is 3.65. The lowest BCUT2D eigenvalue weighted by molar-refractivity contribution is -0.155. The van der Waals surface area contributed by atoms with Crippen LogP contribution in [0.25, 0.3) is 0 Å². The highest BCUT2D eigenvalue weighted by Gasteiger charge is 2.57. The van der Waals surface area contributed by atoms with E-state index >= 15 is 0 Å². The minimum absolute atomic E-state index is 0.124. The maximum atomic E-state index is 13.7. The predicted molar refractivity (Wildman–Crippen MR) is 140 cm³/mol. The van der Waals surface area contributed by atoms with Crippen LogP contribution in [-0.4, -0.2) is 62.0 Å². The molecule has 1 aromatic heterocycles. The SMILES string of the molecule is CC(C)OC(=O)[C@H](C)OP(=O)(OC[C@H]1O[C@@H](n2cnc(N)nc2=O)C(Cl)(C#CCl)C1CO)Oc1ccccc1. The Morgan fingerprint density at radius 3 is 2.62 bits per heavy atom. The maximum Gasteiger partial charge on any atom is 0.530 e. The Kier molecular flexibility index (Phi) is 10.4. The van der Waals surface area contributed by atoms with E-state index in [1.807, 2.05) is 0 Å². The number of hydrogen-bond donors (Lipinski definition) is 2. The second-order valence-electron chi connectivity index (χ2n) is 8.59. The molecule has 2 heterocycles. The van der Waals surface area contributed by atoms with Crippen LogP contribution in [0.1, 0.15) is 27.0 Å². The van der Waals surface area contributed by atoms with Crippen molar-refractivity contribution >= 4 is 42.9 Å². The monoisotopic (exact) mass is 604 g/mol. The summed E-state index contributed by atoms with van der Waals surface area (Å²) in [5, 5.41) is 12.3. The highest BCUT2D eigenvalue weighted by Crippen LogP contribution is 2.53. The van der Waals surface area contributed by atoms with Gasteiger partial charge in [0.25, 0.3) is 0 Å². The van der Waals surface area contributed by atoms with E-state index in [2.05, 4.69) is 21.3 Å². The maximum absolute atomic E-state index is 13.7. The molecular weight excluding hydrogens is 578 g/mol. The fourth-order valence-corrected chi connectivity index (χ4v) is 5.61. The molecule has 1 aliphatic heterocycles. The van der Waals surface area contributed by atoms with Crippen molar-refractivity contribution in [2.75, 3.05) is 18.9 Å². The third-order valence-electron chi connectivity index (χ3n) is 5.41. The van der Waals surface area contributed by atoms with Gasteiger partial charge in [-0.25, -0.2) is 19.1 Å². The van der Waals surface area contributed by atoms with Gasteiger partial charge in [-0.1, -0.05) is 35.7 Å². The number of aliphatic hydroxyl groups is 1. The zero-order chi connectivity index (χ0) is 28.8. The number of ether oxygens (including phenoxy) is 2. The Bertz CT molecular complexity index is 1320. The van der Waals surface area contributed by atoms with Crippen LogP contribution in [-0.2, 0) is 27.9 Å². The smallest absolute Gasteiger partial charge is 0.461 e. The first-order valence-corrected chi connectivity index (χ1v) is 13.8. The first kappa shape index (κ1) is 30.8. The molecule has 13 nitrogen and oxygen atoms in total. The van der Waals surface area contributed by atoms with Crippen molar-refractivity contribution in [3.63, 3.8) is 0 Å². The van der Waals surface area contributed by atoms with E-state index < -0.39 is 68.0 Å². The molecule has 1 saturated heterocycles. The molecule has 0 spiro atoms. The lowest BCUT2D eigenvalue weighted by atomic mass is 9.89. The number of benzene rings is 1. The standard InChI is InChI=1S/C23H27Cl2N4O9P/c1-14(2)35-19(31)15(3)37-39(33,38-16-7-5-4-6-8-16)34-12-18-17(11-30)23(25,9-10-24)20(36-18)29-13-27-21(26)28-22(29)32/h4-8,13-15,17-18,20,30H,11-12H2,1-3H3,(H2,26,28,32)/t15-,17?,18+,20+,23?,39?/m0/s1. The molecule has 1 aliphatic rings. The number of hydrogen-bond acceptors (Lipinski definition) is 12. The van der Waals surface area contributed by atoms with E-state index in [0.717, 1.165) is 10.9 Å². The van der Waals surface area contributed by atoms with Gasteiger partial charge in [0.15, 0.2) is 17.2 Å². The van der Waals surface area contributed by atoms with Crippen molar-refractivity contribution < 1.29 is 37.5 Å². The molecule has 0 radical (unpaired) electrons. The van der Waals surface area contributed by atoms with Crippen molar-refractivity contribution in [2.24, 2.45) is 5.92 Å². The minimum atomic E-state index is -4.53. The van der Waals surface area contributed by atoms with Gasteiger partial charge in [-0.15, -0.1) is 0 Å². The van der Waals surface area contributed by atoms with Crippen LogP contribution >= 0.6 is 31.0 Å². The molecule has 39 heavy (non-hydrogen) atoms. The first-order chi connectivity index (χ1) is 18.4. The summed E-state index contributed by atoms with van der Waals surface area (Å²) in [5.41, 5.74) is 4.61. The van der Waals surface area contributed by atoms with Crippen LogP contribution < -0.4 is 15.9 Å². The second kappa shape index (κ2) is 13.1. The van der Waals surface area contributed by atoms with Crippen molar-refractivity contribution in [1.29, 1.82) is 0 Å². The number of para-hydroxylation sites is 1. The first-order valence-electron chi connectivity index (χ1n) is 11.6. The van der Waals surface area contributed by atoms with Crippen molar-refractivity contribution in [3.05, 3.63) is 47.1 Å². The van der Waals surface area contributed by atoms with Crippen LogP contribution in [0.15, 0.2) is 41.5 Å². The minimum Gasteiger partial charge on any atom is -0.461 e. The summed E-state index contributed by atoms with van der Waals surface area (Å²) in [7, 11) is -4.53. The summed E-state index contributed by atoms with van der Waals surface area (Å²) in [5.74, 6) is 0.561. The van der Waals surface area contributed by atoms with Gasteiger partial charge in [-0.05, 0) is 44.5 Å². The van der Waals surface area contributed by atoms with Gasteiger partial charge < -0.3 is 24.8 Å². The number of nitrogens with zero attached hydrogens (tertiary/aromatic N) is 3. The number of rotatable bonds is 11. The Labute approximate surface area is 234 Å². The molecule has 16 heteroatoms. The molecule has 1 fully saturated rings. The van der Waals surface area contributed by atoms with Gasteiger partial charge in [-0.3, -0.25) is 13.6 Å². The molecule has 0 aliphatic carbocycles. The topological polar surface area (TPSA) is 174 Å². The summed E-state index contributed by atoms with van der Waals surface area (Å²) in [6.45, 7) is 3.46. The number of esters is 1. The van der Waals surface area contributed by atoms with E-state index in [9.17, 15) is 19.3 Å². The van der Waals surface area contributed by atoms with Gasteiger partial charge >= 0.3 is 19.5 Å². The Morgan fingerprint density at radius 2 is 2.03 bits per heavy atom. The summed E-state index contributed by atoms with van der Waals surface area (Å²) in [6, 6.07) is 7.97. The highest BCUT2D eigenvalue weighted by molar-refractivity contribution is 7.49. The average Bonchev–Trinajstić information content (AvgIpc) is 3.14. The molecule has 0 saturated carbocycles. The molecular formula is C23H27Cl2N4O9P. The predicted octanol–water partition coefficient (Wildman–Crippen LogP) is 2.46. The van der Waals surface area contributed by atoms with Gasteiger partial charge in [0, 0.05) is 11.3 Å². The second-order valence-corrected chi connectivity index (χ2v) is 10.9. The van der Waals surface area contributed by atoms with Crippen molar-refractivity contribution in [2.45, 2.75) is 50.2 Å². The number of alkyl halides is 1. The largest absolute Gasteiger partial charge is 0.530 e. The Hall–Kier alpha value is -2.69. The van der Waals surface area contributed by atoms with Crippen LogP contribution in [0.3, 0.4) is 0 Å². The number of nitrogen functional groups attached to an aromatic ring is 1. The summed E-state index contributed by atoms with van der Waals surface area (Å²) >= 11 is 12.4. The number of phosphoric acid groups is 1. The number of aliphatic hydroxyl groups excluding tert-OH is 1. The van der Waals surface area contributed by atoms with Crippen LogP contribution in [0.4, 0.5) is 5.95 Å². The van der Waals surface area contributed by atoms with Gasteiger partial charge in [0.05, 0.1) is 25.4 Å². The van der Waals surface area contributed by atoms with Gasteiger partial charge in [0.2, 0.25) is 5.95 Å². The molecule has 3 rings (SSSR count). The molecule has 2 aromatic rings. The van der Waals surface area contributed by atoms with Gasteiger partial charge in [-0.2, -0.15) is 4.98 Å². The van der Waals surface area contributed by atoms with E-state index in [4.69, 9.17) is 52.0 Å². The molecule has 1 aromatic carbocycles. The van der Waals surface area contributed by atoms with E-state index in [1.165, 1.54) is 19.1 Å². The average molecular weight is 605 g/mol. The Morgan fingerprint density at radius 1 is 1.33 bits per heavy atom. The van der Waals surface area contributed by atoms with Crippen LogP contribution in [0, 0.1) is 17.2 Å². The van der Waals surface area contributed by atoms with Crippen LogP contribution in [0.5, 0.6) is 5.75 Å².